The first-order chi connectivity index (χ1) is 13.4. The summed E-state index contributed by atoms with van der Waals surface area (Å²) in [5.74, 6) is -0.227. The number of fused-ring (bicyclic) bond motifs is 3. The molecular formula is C21H20N4O2S. The Bertz CT molecular complexity index is 1260. The molecule has 0 fully saturated rings. The molecule has 0 aliphatic rings. The van der Waals surface area contributed by atoms with E-state index in [1.807, 2.05) is 51.1 Å². The van der Waals surface area contributed by atoms with Crippen molar-refractivity contribution in [2.24, 2.45) is 0 Å². The van der Waals surface area contributed by atoms with Crippen molar-refractivity contribution in [3.63, 3.8) is 0 Å². The summed E-state index contributed by atoms with van der Waals surface area (Å²) in [5, 5.41) is 3.77. The van der Waals surface area contributed by atoms with Crippen molar-refractivity contribution in [2.45, 2.75) is 33.9 Å². The molecule has 0 spiro atoms. The van der Waals surface area contributed by atoms with Gasteiger partial charge >= 0.3 is 0 Å². The summed E-state index contributed by atoms with van der Waals surface area (Å²) < 4.78 is 1.88. The molecule has 1 amide bonds. The van der Waals surface area contributed by atoms with Gasteiger partial charge < -0.3 is 5.32 Å². The number of aromatic nitrogens is 3. The average molecular weight is 392 g/mol. The Balaban J connectivity index is 1.58. The Hall–Kier alpha value is -3.06. The van der Waals surface area contributed by atoms with E-state index >= 15 is 0 Å². The summed E-state index contributed by atoms with van der Waals surface area (Å²) in [7, 11) is 0. The second kappa shape index (κ2) is 7.16. The Labute approximate surface area is 165 Å². The minimum atomic E-state index is -0.227. The number of pyridine rings is 1. The molecule has 0 radical (unpaired) electrons. The molecule has 142 valence electrons. The first-order valence-corrected chi connectivity index (χ1v) is 9.82. The quantitative estimate of drug-likeness (QED) is 0.578. The van der Waals surface area contributed by atoms with Crippen LogP contribution in [0.25, 0.3) is 20.4 Å². The molecule has 6 nitrogen and oxygen atoms in total. The first-order valence-electron chi connectivity index (χ1n) is 9.00. The molecule has 3 heterocycles. The van der Waals surface area contributed by atoms with Crippen molar-refractivity contribution in [1.29, 1.82) is 0 Å². The van der Waals surface area contributed by atoms with E-state index in [0.717, 1.165) is 27.0 Å². The van der Waals surface area contributed by atoms with E-state index in [0.29, 0.717) is 16.8 Å². The van der Waals surface area contributed by atoms with Crippen LogP contribution in [-0.4, -0.2) is 20.4 Å². The number of carbonyl (C=O) groups is 1. The number of aryl methyl sites for hydroxylation is 3. The van der Waals surface area contributed by atoms with Gasteiger partial charge in [0.2, 0.25) is 5.91 Å². The molecule has 0 saturated carbocycles. The fourth-order valence-electron chi connectivity index (χ4n) is 3.23. The van der Waals surface area contributed by atoms with Crippen molar-refractivity contribution in [3.8, 4) is 0 Å². The maximum Gasteiger partial charge on any atom is 0.271 e. The van der Waals surface area contributed by atoms with Gasteiger partial charge in [-0.3, -0.25) is 14.2 Å². The van der Waals surface area contributed by atoms with Crippen LogP contribution in [0.2, 0.25) is 0 Å². The van der Waals surface area contributed by atoms with Crippen LogP contribution in [0.4, 0.5) is 0 Å². The molecule has 0 aliphatic carbocycles. The van der Waals surface area contributed by atoms with E-state index in [1.165, 1.54) is 27.8 Å². The molecule has 4 rings (SSSR count). The summed E-state index contributed by atoms with van der Waals surface area (Å²) in [5.41, 5.74) is 4.59. The van der Waals surface area contributed by atoms with E-state index < -0.39 is 0 Å². The summed E-state index contributed by atoms with van der Waals surface area (Å²) in [6, 6.07) is 9.94. The maximum absolute atomic E-state index is 12.9. The van der Waals surface area contributed by atoms with E-state index in [4.69, 9.17) is 0 Å². The van der Waals surface area contributed by atoms with Gasteiger partial charge in [0.15, 0.2) is 0 Å². The zero-order valence-corrected chi connectivity index (χ0v) is 16.8. The third-order valence-electron chi connectivity index (χ3n) is 4.67. The lowest BCUT2D eigenvalue weighted by Gasteiger charge is -2.07. The van der Waals surface area contributed by atoms with Gasteiger partial charge in [-0.1, -0.05) is 29.8 Å². The van der Waals surface area contributed by atoms with E-state index in [-0.39, 0.29) is 18.0 Å². The standard InChI is InChI=1S/C21H20N4O2S/c1-12-4-6-15(7-5-12)9-22-16(26)10-25-11-23-18-17-13(2)8-14(3)24-20(17)28-19(18)21(25)27/h4-8,11H,9-10H2,1-3H3,(H,22,26). The second-order valence-corrected chi connectivity index (χ2v) is 7.98. The third-order valence-corrected chi connectivity index (χ3v) is 5.73. The number of nitrogens with one attached hydrogen (secondary N) is 1. The van der Waals surface area contributed by atoms with E-state index in [2.05, 4.69) is 15.3 Å². The zero-order chi connectivity index (χ0) is 19.8. The maximum atomic E-state index is 12.9. The molecule has 0 aliphatic heterocycles. The van der Waals surface area contributed by atoms with Crippen molar-refractivity contribution >= 4 is 37.7 Å². The molecule has 28 heavy (non-hydrogen) atoms. The van der Waals surface area contributed by atoms with Crippen LogP contribution in [0.3, 0.4) is 0 Å². The third kappa shape index (κ3) is 3.41. The van der Waals surface area contributed by atoms with Crippen molar-refractivity contribution in [3.05, 3.63) is 69.4 Å². The Morgan fingerprint density at radius 3 is 2.68 bits per heavy atom. The summed E-state index contributed by atoms with van der Waals surface area (Å²) >= 11 is 1.33. The molecule has 1 N–H and O–H groups in total. The molecular weight excluding hydrogens is 372 g/mol. The number of rotatable bonds is 4. The lowest BCUT2D eigenvalue weighted by molar-refractivity contribution is -0.121. The average Bonchev–Trinajstić information content (AvgIpc) is 3.03. The fourth-order valence-corrected chi connectivity index (χ4v) is 4.43. The van der Waals surface area contributed by atoms with Gasteiger partial charge in [-0.05, 0) is 38.0 Å². The Morgan fingerprint density at radius 2 is 1.93 bits per heavy atom. The normalized spacial score (nSPS) is 11.2. The number of hydrogen-bond acceptors (Lipinski definition) is 5. The Morgan fingerprint density at radius 1 is 1.18 bits per heavy atom. The topological polar surface area (TPSA) is 76.9 Å². The van der Waals surface area contributed by atoms with Crippen LogP contribution >= 0.6 is 11.3 Å². The lowest BCUT2D eigenvalue weighted by atomic mass is 10.1. The molecule has 0 saturated heterocycles. The monoisotopic (exact) mass is 392 g/mol. The van der Waals surface area contributed by atoms with Gasteiger partial charge in [0.1, 0.15) is 16.1 Å². The van der Waals surface area contributed by atoms with Gasteiger partial charge in [0.25, 0.3) is 5.56 Å². The fraction of sp³-hybridized carbons (Fsp3) is 0.238. The molecule has 1 aromatic carbocycles. The second-order valence-electron chi connectivity index (χ2n) is 6.98. The minimum absolute atomic E-state index is 0.0622. The molecule has 3 aromatic heterocycles. The predicted octanol–water partition coefficient (Wildman–Crippen LogP) is 3.25. The lowest BCUT2D eigenvalue weighted by Crippen LogP contribution is -2.31. The summed E-state index contributed by atoms with van der Waals surface area (Å²) in [6.45, 7) is 6.31. The number of carbonyl (C=O) groups excluding carboxylic acids is 1. The molecule has 4 aromatic rings. The van der Waals surface area contributed by atoms with Crippen LogP contribution in [-0.2, 0) is 17.9 Å². The number of amides is 1. The number of nitrogens with zero attached hydrogens (tertiary/aromatic N) is 3. The number of hydrogen-bond donors (Lipinski definition) is 1. The van der Waals surface area contributed by atoms with Crippen LogP contribution in [0.1, 0.15) is 22.4 Å². The van der Waals surface area contributed by atoms with Crippen molar-refractivity contribution in [1.82, 2.24) is 19.9 Å². The molecule has 0 atom stereocenters. The van der Waals surface area contributed by atoms with Gasteiger partial charge in [0, 0.05) is 17.6 Å². The van der Waals surface area contributed by atoms with Crippen LogP contribution in [0.15, 0.2) is 41.5 Å². The van der Waals surface area contributed by atoms with E-state index in [1.54, 1.807) is 0 Å². The molecule has 7 heteroatoms. The molecule has 0 unspecified atom stereocenters. The highest BCUT2D eigenvalue weighted by atomic mass is 32.1. The van der Waals surface area contributed by atoms with Gasteiger partial charge in [-0.15, -0.1) is 11.3 Å². The highest BCUT2D eigenvalue weighted by Gasteiger charge is 2.15. The summed E-state index contributed by atoms with van der Waals surface area (Å²) in [6.07, 6.45) is 1.45. The zero-order valence-electron chi connectivity index (χ0n) is 15.9. The molecule has 0 bridgehead atoms. The van der Waals surface area contributed by atoms with Crippen LogP contribution in [0.5, 0.6) is 0 Å². The number of benzene rings is 1. The highest BCUT2D eigenvalue weighted by Crippen LogP contribution is 2.31. The van der Waals surface area contributed by atoms with Crippen LogP contribution in [0, 0.1) is 20.8 Å². The van der Waals surface area contributed by atoms with Crippen LogP contribution < -0.4 is 10.9 Å². The van der Waals surface area contributed by atoms with Gasteiger partial charge in [0.05, 0.1) is 11.8 Å². The van der Waals surface area contributed by atoms with Gasteiger partial charge in [-0.25, -0.2) is 9.97 Å². The SMILES string of the molecule is Cc1ccc(CNC(=O)Cn2cnc3c(sc4nc(C)cc(C)c43)c2=O)cc1. The number of thiophene rings is 1. The Kier molecular flexibility index (Phi) is 4.68. The van der Waals surface area contributed by atoms with Crippen molar-refractivity contribution in [2.75, 3.05) is 0 Å². The largest absolute Gasteiger partial charge is 0.350 e. The van der Waals surface area contributed by atoms with E-state index in [9.17, 15) is 9.59 Å². The first kappa shape index (κ1) is 18.3. The predicted molar refractivity (Wildman–Crippen MR) is 112 cm³/mol. The smallest absolute Gasteiger partial charge is 0.271 e. The summed E-state index contributed by atoms with van der Waals surface area (Å²) in [4.78, 5) is 35.0. The van der Waals surface area contributed by atoms with Crippen molar-refractivity contribution < 1.29 is 4.79 Å². The van der Waals surface area contributed by atoms with Gasteiger partial charge in [-0.2, -0.15) is 0 Å². The highest BCUT2D eigenvalue weighted by molar-refractivity contribution is 7.25. The minimum Gasteiger partial charge on any atom is -0.350 e.